The summed E-state index contributed by atoms with van der Waals surface area (Å²) >= 11 is 0. The summed E-state index contributed by atoms with van der Waals surface area (Å²) in [6, 6.07) is 7.19. The Labute approximate surface area is 158 Å². The van der Waals surface area contributed by atoms with Gasteiger partial charge in [-0.3, -0.25) is 10.1 Å². The molecule has 10 nitrogen and oxygen atoms in total. The van der Waals surface area contributed by atoms with Crippen molar-refractivity contribution in [2.75, 3.05) is 25.1 Å². The van der Waals surface area contributed by atoms with Crippen LogP contribution in [-0.4, -0.2) is 47.9 Å². The van der Waals surface area contributed by atoms with E-state index >= 15 is 0 Å². The number of anilines is 1. The SMILES string of the molecule is O=C(COC(=O)c1ccc(O)cc1O)NC(=O)Nc1ccc2c(c1)OCCO2. The highest BCUT2D eigenvalue weighted by Gasteiger charge is 2.17. The fourth-order valence-electron chi connectivity index (χ4n) is 2.35. The van der Waals surface area contributed by atoms with E-state index in [0.717, 1.165) is 12.1 Å². The van der Waals surface area contributed by atoms with E-state index in [4.69, 9.17) is 14.2 Å². The van der Waals surface area contributed by atoms with Crippen molar-refractivity contribution in [3.8, 4) is 23.0 Å². The Bertz CT molecular complexity index is 928. The predicted molar refractivity (Wildman–Crippen MR) is 94.6 cm³/mol. The molecule has 0 radical (unpaired) electrons. The molecule has 0 unspecified atom stereocenters. The van der Waals surface area contributed by atoms with Gasteiger partial charge < -0.3 is 29.7 Å². The van der Waals surface area contributed by atoms with Crippen LogP contribution in [-0.2, 0) is 9.53 Å². The zero-order valence-electron chi connectivity index (χ0n) is 14.4. The van der Waals surface area contributed by atoms with E-state index in [1.165, 1.54) is 6.07 Å². The Balaban J connectivity index is 1.49. The number of aromatic hydroxyl groups is 2. The number of ether oxygens (including phenoxy) is 3. The van der Waals surface area contributed by atoms with Gasteiger partial charge in [-0.25, -0.2) is 9.59 Å². The first-order valence-electron chi connectivity index (χ1n) is 8.12. The van der Waals surface area contributed by atoms with Gasteiger partial charge in [0, 0.05) is 17.8 Å². The third kappa shape index (κ3) is 4.61. The lowest BCUT2D eigenvalue weighted by Gasteiger charge is -2.19. The molecule has 28 heavy (non-hydrogen) atoms. The maximum Gasteiger partial charge on any atom is 0.342 e. The lowest BCUT2D eigenvalue weighted by molar-refractivity contribution is -0.123. The smallest absolute Gasteiger partial charge is 0.342 e. The number of esters is 1. The van der Waals surface area contributed by atoms with Crippen LogP contribution in [0.5, 0.6) is 23.0 Å². The molecule has 10 heteroatoms. The molecule has 0 fully saturated rings. The van der Waals surface area contributed by atoms with Crippen molar-refractivity contribution in [2.24, 2.45) is 0 Å². The highest BCUT2D eigenvalue weighted by molar-refractivity contribution is 6.02. The Morgan fingerprint density at radius 2 is 1.75 bits per heavy atom. The largest absolute Gasteiger partial charge is 0.508 e. The number of fused-ring (bicyclic) bond motifs is 1. The van der Waals surface area contributed by atoms with Crippen LogP contribution in [0.4, 0.5) is 10.5 Å². The molecule has 0 bridgehead atoms. The lowest BCUT2D eigenvalue weighted by atomic mass is 10.2. The molecular formula is C18H16N2O8. The highest BCUT2D eigenvalue weighted by Crippen LogP contribution is 2.32. The van der Waals surface area contributed by atoms with Crippen molar-refractivity contribution >= 4 is 23.6 Å². The van der Waals surface area contributed by atoms with Crippen LogP contribution in [0.25, 0.3) is 0 Å². The molecule has 2 aromatic rings. The topological polar surface area (TPSA) is 143 Å². The van der Waals surface area contributed by atoms with Crippen molar-refractivity contribution in [1.29, 1.82) is 0 Å². The summed E-state index contributed by atoms with van der Waals surface area (Å²) in [7, 11) is 0. The van der Waals surface area contributed by atoms with Crippen LogP contribution < -0.4 is 20.1 Å². The molecule has 0 aliphatic carbocycles. The molecular weight excluding hydrogens is 372 g/mol. The molecule has 1 heterocycles. The zero-order valence-corrected chi connectivity index (χ0v) is 14.4. The molecule has 146 valence electrons. The second-order valence-corrected chi connectivity index (χ2v) is 5.64. The molecule has 0 spiro atoms. The van der Waals surface area contributed by atoms with Gasteiger partial charge in [0.1, 0.15) is 30.3 Å². The molecule has 0 atom stereocenters. The van der Waals surface area contributed by atoms with Crippen molar-refractivity contribution in [3.63, 3.8) is 0 Å². The van der Waals surface area contributed by atoms with Gasteiger partial charge in [-0.1, -0.05) is 0 Å². The van der Waals surface area contributed by atoms with Gasteiger partial charge in [0.05, 0.1) is 0 Å². The van der Waals surface area contributed by atoms with Gasteiger partial charge in [0.15, 0.2) is 18.1 Å². The van der Waals surface area contributed by atoms with Gasteiger partial charge >= 0.3 is 12.0 Å². The number of imide groups is 1. The normalized spacial score (nSPS) is 12.0. The number of urea groups is 1. The van der Waals surface area contributed by atoms with Gasteiger partial charge in [0.25, 0.3) is 5.91 Å². The molecule has 0 saturated heterocycles. The van der Waals surface area contributed by atoms with E-state index in [-0.39, 0.29) is 11.3 Å². The number of rotatable bonds is 4. The van der Waals surface area contributed by atoms with Crippen LogP contribution in [0.3, 0.4) is 0 Å². The van der Waals surface area contributed by atoms with Gasteiger partial charge in [-0.15, -0.1) is 0 Å². The second-order valence-electron chi connectivity index (χ2n) is 5.64. The summed E-state index contributed by atoms with van der Waals surface area (Å²) in [5.74, 6) is -1.57. The number of phenolic OH excluding ortho intramolecular Hbond substituents is 2. The highest BCUT2D eigenvalue weighted by atomic mass is 16.6. The number of phenols is 2. The van der Waals surface area contributed by atoms with Crippen LogP contribution in [0, 0.1) is 0 Å². The van der Waals surface area contributed by atoms with E-state index in [1.54, 1.807) is 18.2 Å². The number of carbonyl (C=O) groups is 3. The van der Waals surface area contributed by atoms with Crippen LogP contribution in [0.1, 0.15) is 10.4 Å². The monoisotopic (exact) mass is 388 g/mol. The first kappa shape index (κ1) is 18.8. The lowest BCUT2D eigenvalue weighted by Crippen LogP contribution is -2.37. The van der Waals surface area contributed by atoms with Crippen LogP contribution in [0.15, 0.2) is 36.4 Å². The standard InChI is InChI=1S/C18H16N2O8/c21-11-2-3-12(13(22)8-11)17(24)28-9-16(23)20-18(25)19-10-1-4-14-15(7-10)27-6-5-26-14/h1-4,7-8,21-22H,5-6,9H2,(H2,19,20,23,25). The molecule has 4 N–H and O–H groups in total. The number of carbonyl (C=O) groups excluding carboxylic acids is 3. The fourth-order valence-corrected chi connectivity index (χ4v) is 2.35. The maximum atomic E-state index is 11.9. The number of benzene rings is 2. The van der Waals surface area contributed by atoms with Crippen LogP contribution in [0.2, 0.25) is 0 Å². The predicted octanol–water partition coefficient (Wildman–Crippen LogP) is 1.37. The average Bonchev–Trinajstić information content (AvgIpc) is 2.66. The fraction of sp³-hybridized carbons (Fsp3) is 0.167. The number of hydrogen-bond donors (Lipinski definition) is 4. The minimum absolute atomic E-state index is 0.230. The van der Waals surface area contributed by atoms with E-state index in [1.807, 2.05) is 5.32 Å². The van der Waals surface area contributed by atoms with E-state index in [9.17, 15) is 24.6 Å². The van der Waals surface area contributed by atoms with E-state index < -0.39 is 30.3 Å². The Kier molecular flexibility index (Phi) is 5.49. The quantitative estimate of drug-likeness (QED) is 0.575. The zero-order chi connectivity index (χ0) is 20.1. The first-order chi connectivity index (χ1) is 13.4. The van der Waals surface area contributed by atoms with Crippen molar-refractivity contribution in [1.82, 2.24) is 5.32 Å². The summed E-state index contributed by atoms with van der Waals surface area (Å²) in [4.78, 5) is 35.5. The van der Waals surface area contributed by atoms with Gasteiger partial charge in [-0.2, -0.15) is 0 Å². The third-order valence-corrected chi connectivity index (χ3v) is 3.59. The van der Waals surface area contributed by atoms with E-state index in [0.29, 0.717) is 30.4 Å². The van der Waals surface area contributed by atoms with Crippen molar-refractivity contribution in [3.05, 3.63) is 42.0 Å². The molecule has 2 aromatic carbocycles. The van der Waals surface area contributed by atoms with Crippen LogP contribution >= 0.6 is 0 Å². The van der Waals surface area contributed by atoms with Crippen molar-refractivity contribution < 1.29 is 38.8 Å². The molecule has 1 aliphatic rings. The molecule has 1 aliphatic heterocycles. The summed E-state index contributed by atoms with van der Waals surface area (Å²) in [5.41, 5.74) is 0.145. The summed E-state index contributed by atoms with van der Waals surface area (Å²) in [6.45, 7) is 0.0895. The Hall–Kier alpha value is -3.95. The summed E-state index contributed by atoms with van der Waals surface area (Å²) in [5, 5.41) is 23.2. The first-order valence-corrected chi connectivity index (χ1v) is 8.12. The number of amides is 3. The summed E-state index contributed by atoms with van der Waals surface area (Å²) in [6.07, 6.45) is 0. The number of hydrogen-bond acceptors (Lipinski definition) is 8. The maximum absolute atomic E-state index is 11.9. The molecule has 0 saturated carbocycles. The molecule has 0 aromatic heterocycles. The average molecular weight is 388 g/mol. The summed E-state index contributed by atoms with van der Waals surface area (Å²) < 4.78 is 15.5. The third-order valence-electron chi connectivity index (χ3n) is 3.59. The molecule has 3 amide bonds. The minimum atomic E-state index is -0.986. The van der Waals surface area contributed by atoms with Crippen molar-refractivity contribution in [2.45, 2.75) is 0 Å². The van der Waals surface area contributed by atoms with Gasteiger partial charge in [0.2, 0.25) is 0 Å². The van der Waals surface area contributed by atoms with Gasteiger partial charge in [-0.05, 0) is 24.3 Å². The molecule has 3 rings (SSSR count). The second kappa shape index (κ2) is 8.16. The minimum Gasteiger partial charge on any atom is -0.508 e. The Morgan fingerprint density at radius 3 is 2.50 bits per heavy atom. The van der Waals surface area contributed by atoms with E-state index in [2.05, 4.69) is 5.32 Å². The Morgan fingerprint density at radius 1 is 1.00 bits per heavy atom. The number of nitrogens with one attached hydrogen (secondary N) is 2.